The van der Waals surface area contributed by atoms with Crippen molar-refractivity contribution in [1.29, 1.82) is 0 Å². The van der Waals surface area contributed by atoms with Crippen molar-refractivity contribution in [1.82, 2.24) is 0 Å². The molecule has 0 amide bonds. The predicted octanol–water partition coefficient (Wildman–Crippen LogP) is 6.42. The third kappa shape index (κ3) is 5.13. The second kappa shape index (κ2) is 9.30. The Hall–Kier alpha value is -3.24. The number of hydrogen-bond donors (Lipinski definition) is 0. The van der Waals surface area contributed by atoms with E-state index in [-0.39, 0.29) is 5.92 Å². The number of hydrogen-bond acceptors (Lipinski definition) is 1. The van der Waals surface area contributed by atoms with Crippen molar-refractivity contribution in [2.45, 2.75) is 13.3 Å². The van der Waals surface area contributed by atoms with E-state index in [4.69, 9.17) is 4.74 Å². The molecule has 26 heavy (non-hydrogen) atoms. The fourth-order valence-corrected chi connectivity index (χ4v) is 2.58. The Morgan fingerprint density at radius 1 is 1.15 bits per heavy atom. The van der Waals surface area contributed by atoms with Crippen LogP contribution in [0.5, 0.6) is 5.75 Å². The third-order valence-corrected chi connectivity index (χ3v) is 4.07. The highest BCUT2D eigenvalue weighted by atomic mass is 16.5. The lowest BCUT2D eigenvalue weighted by atomic mass is 9.90. The molecule has 0 spiro atoms. The van der Waals surface area contributed by atoms with Crippen LogP contribution >= 0.6 is 0 Å². The second-order valence-corrected chi connectivity index (χ2v) is 6.06. The zero-order valence-corrected chi connectivity index (χ0v) is 15.3. The molecule has 1 aromatic carbocycles. The van der Waals surface area contributed by atoms with Gasteiger partial charge in [0.1, 0.15) is 11.5 Å². The van der Waals surface area contributed by atoms with Gasteiger partial charge in [-0.05, 0) is 47.4 Å². The van der Waals surface area contributed by atoms with E-state index < -0.39 is 0 Å². The molecular weight excluding hydrogens is 316 g/mol. The molecule has 0 aromatic heterocycles. The summed E-state index contributed by atoms with van der Waals surface area (Å²) in [6.07, 6.45) is 12.0. The van der Waals surface area contributed by atoms with Crippen molar-refractivity contribution < 1.29 is 4.74 Å². The second-order valence-electron chi connectivity index (χ2n) is 6.06. The van der Waals surface area contributed by atoms with E-state index >= 15 is 0 Å². The molecule has 0 saturated heterocycles. The van der Waals surface area contributed by atoms with Gasteiger partial charge >= 0.3 is 0 Å². The van der Waals surface area contributed by atoms with Gasteiger partial charge in [0.2, 0.25) is 0 Å². The Balaban J connectivity index is 2.09. The summed E-state index contributed by atoms with van der Waals surface area (Å²) in [7, 11) is 0. The minimum atomic E-state index is 0.266. The molecule has 1 atom stereocenters. The molecule has 0 heterocycles. The fraction of sp³-hybridized carbons (Fsp3) is 0.120. The summed E-state index contributed by atoms with van der Waals surface area (Å²) in [5.74, 6) is 7.86. The van der Waals surface area contributed by atoms with Crippen molar-refractivity contribution in [3.8, 4) is 17.6 Å². The summed E-state index contributed by atoms with van der Waals surface area (Å²) >= 11 is 0. The van der Waals surface area contributed by atoms with E-state index in [0.29, 0.717) is 0 Å². The molecular formula is C25H24O. The zero-order chi connectivity index (χ0) is 18.9. The van der Waals surface area contributed by atoms with Crippen LogP contribution in [0.2, 0.25) is 0 Å². The van der Waals surface area contributed by atoms with Crippen molar-refractivity contribution >= 4 is 5.57 Å². The first-order valence-corrected chi connectivity index (χ1v) is 8.54. The van der Waals surface area contributed by atoms with Gasteiger partial charge in [-0.3, -0.25) is 0 Å². The van der Waals surface area contributed by atoms with E-state index in [1.807, 2.05) is 48.6 Å². The van der Waals surface area contributed by atoms with Gasteiger partial charge in [0.25, 0.3) is 0 Å². The minimum absolute atomic E-state index is 0.266. The van der Waals surface area contributed by atoms with E-state index in [0.717, 1.165) is 40.2 Å². The smallest absolute Gasteiger partial charge is 0.126 e. The molecule has 0 N–H and O–H groups in total. The van der Waals surface area contributed by atoms with Gasteiger partial charge in [-0.25, -0.2) is 0 Å². The van der Waals surface area contributed by atoms with E-state index in [2.05, 4.69) is 45.1 Å². The van der Waals surface area contributed by atoms with Crippen LogP contribution in [0.4, 0.5) is 0 Å². The predicted molar refractivity (Wildman–Crippen MR) is 113 cm³/mol. The highest BCUT2D eigenvalue weighted by Gasteiger charge is 2.18. The van der Waals surface area contributed by atoms with Crippen molar-refractivity contribution in [2.75, 3.05) is 0 Å². The Morgan fingerprint density at radius 2 is 1.88 bits per heavy atom. The van der Waals surface area contributed by atoms with Gasteiger partial charge in [-0.15, -0.1) is 0 Å². The highest BCUT2D eigenvalue weighted by Crippen LogP contribution is 2.30. The molecule has 1 heteroatoms. The first-order valence-electron chi connectivity index (χ1n) is 8.54. The summed E-state index contributed by atoms with van der Waals surface area (Å²) in [5, 5.41) is 0. The summed E-state index contributed by atoms with van der Waals surface area (Å²) in [6, 6.07) is 7.94. The lowest BCUT2D eigenvalue weighted by Crippen LogP contribution is -2.11. The Morgan fingerprint density at radius 3 is 2.50 bits per heavy atom. The van der Waals surface area contributed by atoms with Crippen LogP contribution in [0.25, 0.3) is 5.57 Å². The zero-order valence-electron chi connectivity index (χ0n) is 15.3. The molecule has 130 valence electrons. The van der Waals surface area contributed by atoms with Crippen molar-refractivity contribution in [3.63, 3.8) is 0 Å². The number of ether oxygens (including phenoxy) is 1. The molecule has 2 rings (SSSR count). The SMILES string of the molecule is C=CC#CC(=C)C1=CC=C(Oc2ccc(C(=C)C=CC=C)cc2)C(C)C1. The summed E-state index contributed by atoms with van der Waals surface area (Å²) < 4.78 is 6.06. The quantitative estimate of drug-likeness (QED) is 0.429. The van der Waals surface area contributed by atoms with Gasteiger partial charge in [-0.2, -0.15) is 0 Å². The monoisotopic (exact) mass is 340 g/mol. The van der Waals surface area contributed by atoms with Gasteiger partial charge < -0.3 is 4.74 Å². The highest BCUT2D eigenvalue weighted by molar-refractivity contribution is 5.72. The van der Waals surface area contributed by atoms with Crippen LogP contribution in [-0.4, -0.2) is 0 Å². The van der Waals surface area contributed by atoms with Gasteiger partial charge in [-0.1, -0.05) is 81.5 Å². The minimum Gasteiger partial charge on any atom is -0.461 e. The molecule has 1 aliphatic rings. The molecule has 1 nitrogen and oxygen atoms in total. The summed E-state index contributed by atoms with van der Waals surface area (Å²) in [4.78, 5) is 0. The number of allylic oxidation sites excluding steroid dienone is 10. The molecule has 0 saturated carbocycles. The fourth-order valence-electron chi connectivity index (χ4n) is 2.58. The number of benzene rings is 1. The molecule has 1 aromatic rings. The lowest BCUT2D eigenvalue weighted by Gasteiger charge is -2.22. The van der Waals surface area contributed by atoms with Crippen LogP contribution in [-0.2, 0) is 0 Å². The van der Waals surface area contributed by atoms with Crippen LogP contribution in [0, 0.1) is 17.8 Å². The molecule has 0 bridgehead atoms. The van der Waals surface area contributed by atoms with Crippen LogP contribution in [0.15, 0.2) is 104 Å². The van der Waals surface area contributed by atoms with Crippen LogP contribution in [0.1, 0.15) is 18.9 Å². The normalized spacial score (nSPS) is 16.0. The Labute approximate surface area is 157 Å². The molecule has 0 fully saturated rings. The van der Waals surface area contributed by atoms with Crippen molar-refractivity contribution in [3.05, 3.63) is 110 Å². The molecule has 0 aliphatic heterocycles. The average Bonchev–Trinajstić information content (AvgIpc) is 2.66. The maximum absolute atomic E-state index is 6.06. The van der Waals surface area contributed by atoms with Gasteiger partial charge in [0, 0.05) is 11.5 Å². The topological polar surface area (TPSA) is 9.23 Å². The average molecular weight is 340 g/mol. The first kappa shape index (κ1) is 19.1. The molecule has 0 radical (unpaired) electrons. The standard InChI is InChI=1S/C25H24O/c1-6-8-10-19(3)22-12-15-24(16-13-22)26-25-17-14-23(18-21(25)5)20(4)11-9-7-2/h6-8,10,12-17,21H,1-4,18H2,5H3. The maximum atomic E-state index is 6.06. The number of rotatable bonds is 6. The third-order valence-electron chi connectivity index (χ3n) is 4.07. The molecule has 1 unspecified atom stereocenters. The largest absolute Gasteiger partial charge is 0.461 e. The van der Waals surface area contributed by atoms with Crippen LogP contribution in [0.3, 0.4) is 0 Å². The maximum Gasteiger partial charge on any atom is 0.126 e. The van der Waals surface area contributed by atoms with E-state index in [1.54, 1.807) is 12.2 Å². The van der Waals surface area contributed by atoms with Crippen molar-refractivity contribution in [2.24, 2.45) is 5.92 Å². The Bertz CT molecular complexity index is 861. The van der Waals surface area contributed by atoms with E-state index in [9.17, 15) is 0 Å². The van der Waals surface area contributed by atoms with Gasteiger partial charge in [0.15, 0.2) is 0 Å². The summed E-state index contributed by atoms with van der Waals surface area (Å²) in [5.41, 5.74) is 3.97. The first-order chi connectivity index (χ1) is 12.5. The van der Waals surface area contributed by atoms with Gasteiger partial charge in [0.05, 0.1) is 0 Å². The lowest BCUT2D eigenvalue weighted by molar-refractivity contribution is 0.353. The van der Waals surface area contributed by atoms with E-state index in [1.165, 1.54) is 0 Å². The molecule has 1 aliphatic carbocycles. The Kier molecular flexibility index (Phi) is 6.83. The van der Waals surface area contributed by atoms with Crippen LogP contribution < -0.4 is 4.74 Å². The summed E-state index contributed by atoms with van der Waals surface area (Å²) in [6.45, 7) is 17.5.